The van der Waals surface area contributed by atoms with E-state index in [1.54, 1.807) is 5.38 Å². The minimum Gasteiger partial charge on any atom is -0.486 e. The highest BCUT2D eigenvalue weighted by Crippen LogP contribution is 2.21. The number of hydrogen-bond donors (Lipinski definition) is 3. The number of rotatable bonds is 7. The van der Waals surface area contributed by atoms with Gasteiger partial charge in [-0.15, -0.1) is 11.3 Å². The molecule has 2 aromatic rings. The molecule has 0 saturated heterocycles. The molecule has 0 radical (unpaired) electrons. The molecule has 0 bridgehead atoms. The zero-order valence-electron chi connectivity index (χ0n) is 19.3. The predicted molar refractivity (Wildman–Crippen MR) is 130 cm³/mol. The van der Waals surface area contributed by atoms with Gasteiger partial charge >= 0.3 is 6.03 Å². The van der Waals surface area contributed by atoms with Crippen molar-refractivity contribution in [2.45, 2.75) is 89.4 Å². The molecule has 2 aliphatic rings. The number of thiazole rings is 1. The smallest absolute Gasteiger partial charge is 0.315 e. The van der Waals surface area contributed by atoms with Crippen LogP contribution < -0.4 is 20.7 Å². The first kappa shape index (κ1) is 23.5. The lowest BCUT2D eigenvalue weighted by Crippen LogP contribution is -2.56. The van der Waals surface area contributed by atoms with E-state index in [1.807, 2.05) is 31.2 Å². The lowest BCUT2D eigenvalue weighted by molar-refractivity contribution is 0.0911. The van der Waals surface area contributed by atoms with E-state index in [9.17, 15) is 9.59 Å². The summed E-state index contributed by atoms with van der Waals surface area (Å²) in [4.78, 5) is 29.8. The van der Waals surface area contributed by atoms with Gasteiger partial charge in [-0.2, -0.15) is 0 Å². The second-order valence-electron chi connectivity index (χ2n) is 9.15. The van der Waals surface area contributed by atoms with Gasteiger partial charge in [0.1, 0.15) is 23.1 Å². The number of benzene rings is 1. The fourth-order valence-electron chi connectivity index (χ4n) is 4.62. The van der Waals surface area contributed by atoms with E-state index < -0.39 is 0 Å². The summed E-state index contributed by atoms with van der Waals surface area (Å²) in [7, 11) is 0. The maximum absolute atomic E-state index is 12.9. The second-order valence-corrected chi connectivity index (χ2v) is 10.1. The Morgan fingerprint density at radius 3 is 2.33 bits per heavy atom. The number of urea groups is 1. The number of amides is 3. The highest BCUT2D eigenvalue weighted by atomic mass is 32.1. The maximum Gasteiger partial charge on any atom is 0.315 e. The van der Waals surface area contributed by atoms with E-state index in [0.29, 0.717) is 12.3 Å². The molecule has 1 aromatic carbocycles. The maximum atomic E-state index is 12.9. The Morgan fingerprint density at radius 1 is 0.939 bits per heavy atom. The van der Waals surface area contributed by atoms with Crippen molar-refractivity contribution in [3.8, 4) is 5.75 Å². The topological polar surface area (TPSA) is 92.3 Å². The summed E-state index contributed by atoms with van der Waals surface area (Å²) in [6, 6.07) is 7.86. The quantitative estimate of drug-likeness (QED) is 0.547. The van der Waals surface area contributed by atoms with Crippen molar-refractivity contribution in [1.29, 1.82) is 0 Å². The first-order valence-electron chi connectivity index (χ1n) is 12.1. The standard InChI is InChI=1S/C25H34N4O3S/c1-17-11-13-19(14-12-17)32-15-23-27-22(16-33-23)24(30)28-20-9-5-6-10-21(20)29-25(31)26-18-7-3-2-4-8-18/h11-14,16,18,20-21H,2-10,15H2,1H3,(H,28,30)(H2,26,29,31)/t20-,21-/m0/s1. The molecule has 178 valence electrons. The molecule has 3 N–H and O–H groups in total. The normalized spacial score (nSPS) is 21.2. The van der Waals surface area contributed by atoms with E-state index in [0.717, 1.165) is 49.3 Å². The molecule has 2 atom stereocenters. The first-order valence-corrected chi connectivity index (χ1v) is 13.0. The number of nitrogens with one attached hydrogen (secondary N) is 3. The molecule has 8 heteroatoms. The Labute approximate surface area is 199 Å². The molecule has 3 amide bonds. The number of aromatic nitrogens is 1. The van der Waals surface area contributed by atoms with Crippen molar-refractivity contribution in [3.05, 3.63) is 45.9 Å². The highest BCUT2D eigenvalue weighted by molar-refractivity contribution is 7.09. The van der Waals surface area contributed by atoms with E-state index in [1.165, 1.54) is 36.2 Å². The van der Waals surface area contributed by atoms with Gasteiger partial charge in [0, 0.05) is 17.5 Å². The molecular formula is C25H34N4O3S. The minimum atomic E-state index is -0.195. The van der Waals surface area contributed by atoms with Crippen LogP contribution in [0.5, 0.6) is 5.75 Å². The van der Waals surface area contributed by atoms with Crippen molar-refractivity contribution in [2.24, 2.45) is 0 Å². The monoisotopic (exact) mass is 470 g/mol. The van der Waals surface area contributed by atoms with Gasteiger partial charge < -0.3 is 20.7 Å². The summed E-state index contributed by atoms with van der Waals surface area (Å²) >= 11 is 1.42. The predicted octanol–water partition coefficient (Wildman–Crippen LogP) is 4.70. The molecule has 1 aromatic heterocycles. The summed E-state index contributed by atoms with van der Waals surface area (Å²) in [6.45, 7) is 2.36. The van der Waals surface area contributed by atoms with Crippen LogP contribution in [-0.2, 0) is 6.61 Å². The Balaban J connectivity index is 1.27. The number of hydrogen-bond acceptors (Lipinski definition) is 5. The van der Waals surface area contributed by atoms with Crippen LogP contribution in [0.2, 0.25) is 0 Å². The van der Waals surface area contributed by atoms with Gasteiger partial charge in [0.05, 0.1) is 6.04 Å². The lowest BCUT2D eigenvalue weighted by atomic mass is 9.90. The van der Waals surface area contributed by atoms with E-state index in [2.05, 4.69) is 20.9 Å². The van der Waals surface area contributed by atoms with E-state index in [4.69, 9.17) is 4.74 Å². The van der Waals surface area contributed by atoms with Crippen LogP contribution in [0.15, 0.2) is 29.6 Å². The third-order valence-electron chi connectivity index (χ3n) is 6.51. The van der Waals surface area contributed by atoms with Crippen LogP contribution in [0.1, 0.15) is 78.8 Å². The molecule has 2 aliphatic carbocycles. The molecular weight excluding hydrogens is 436 g/mol. The van der Waals surface area contributed by atoms with Gasteiger partial charge in [0.15, 0.2) is 0 Å². The molecule has 33 heavy (non-hydrogen) atoms. The van der Waals surface area contributed by atoms with Gasteiger partial charge in [-0.1, -0.05) is 49.8 Å². The van der Waals surface area contributed by atoms with Gasteiger partial charge in [-0.3, -0.25) is 4.79 Å². The Kier molecular flexibility index (Phi) is 8.20. The van der Waals surface area contributed by atoms with E-state index in [-0.39, 0.29) is 30.1 Å². The van der Waals surface area contributed by atoms with Gasteiger partial charge in [0.2, 0.25) is 0 Å². The number of aryl methyl sites for hydroxylation is 1. The molecule has 0 unspecified atom stereocenters. The average Bonchev–Trinajstić information content (AvgIpc) is 3.30. The molecule has 7 nitrogen and oxygen atoms in total. The molecule has 2 fully saturated rings. The van der Waals surface area contributed by atoms with Crippen molar-refractivity contribution in [3.63, 3.8) is 0 Å². The Bertz CT molecular complexity index is 924. The van der Waals surface area contributed by atoms with Crippen molar-refractivity contribution in [2.75, 3.05) is 0 Å². The van der Waals surface area contributed by atoms with Crippen LogP contribution in [0.3, 0.4) is 0 Å². The molecule has 0 spiro atoms. The van der Waals surface area contributed by atoms with Crippen LogP contribution in [0, 0.1) is 6.92 Å². The Morgan fingerprint density at radius 2 is 1.61 bits per heavy atom. The zero-order valence-corrected chi connectivity index (χ0v) is 20.1. The van der Waals surface area contributed by atoms with Gasteiger partial charge in [0.25, 0.3) is 5.91 Å². The third kappa shape index (κ3) is 6.93. The van der Waals surface area contributed by atoms with Gasteiger partial charge in [-0.05, 0) is 44.7 Å². The second kappa shape index (κ2) is 11.5. The van der Waals surface area contributed by atoms with E-state index >= 15 is 0 Å². The fourth-order valence-corrected chi connectivity index (χ4v) is 5.31. The lowest BCUT2D eigenvalue weighted by Gasteiger charge is -2.33. The van der Waals surface area contributed by atoms with Gasteiger partial charge in [-0.25, -0.2) is 9.78 Å². The molecule has 4 rings (SSSR count). The number of carbonyl (C=O) groups excluding carboxylic acids is 2. The Hall–Kier alpha value is -2.61. The number of nitrogens with zero attached hydrogens (tertiary/aromatic N) is 1. The molecule has 2 saturated carbocycles. The van der Waals surface area contributed by atoms with Crippen LogP contribution >= 0.6 is 11.3 Å². The summed E-state index contributed by atoms with van der Waals surface area (Å²) < 4.78 is 5.77. The number of carbonyl (C=O) groups is 2. The molecule has 1 heterocycles. The summed E-state index contributed by atoms with van der Waals surface area (Å²) in [6.07, 6.45) is 9.54. The zero-order chi connectivity index (χ0) is 23.0. The number of ether oxygens (including phenoxy) is 1. The fraction of sp³-hybridized carbons (Fsp3) is 0.560. The highest BCUT2D eigenvalue weighted by Gasteiger charge is 2.29. The summed E-state index contributed by atoms with van der Waals surface area (Å²) in [5, 5.41) is 11.9. The average molecular weight is 471 g/mol. The van der Waals surface area contributed by atoms with Crippen molar-refractivity contribution in [1.82, 2.24) is 20.9 Å². The third-order valence-corrected chi connectivity index (χ3v) is 7.33. The van der Waals surface area contributed by atoms with Crippen LogP contribution in [0.4, 0.5) is 4.79 Å². The minimum absolute atomic E-state index is 0.0609. The SMILES string of the molecule is Cc1ccc(OCc2nc(C(=O)N[C@H]3CCCC[C@@H]3NC(=O)NC3CCCCC3)cs2)cc1. The first-order chi connectivity index (χ1) is 16.1. The molecule has 0 aliphatic heterocycles. The summed E-state index contributed by atoms with van der Waals surface area (Å²) in [5.74, 6) is 0.587. The van der Waals surface area contributed by atoms with Crippen LogP contribution in [-0.4, -0.2) is 35.0 Å². The largest absolute Gasteiger partial charge is 0.486 e. The van der Waals surface area contributed by atoms with Crippen molar-refractivity contribution < 1.29 is 14.3 Å². The summed E-state index contributed by atoms with van der Waals surface area (Å²) in [5.41, 5.74) is 1.58. The van der Waals surface area contributed by atoms with Crippen LogP contribution in [0.25, 0.3) is 0 Å². The van der Waals surface area contributed by atoms with Crippen molar-refractivity contribution >= 4 is 23.3 Å².